The number of carbonyl (C=O) groups is 1. The van der Waals surface area contributed by atoms with Gasteiger partial charge in [-0.3, -0.25) is 9.79 Å². The highest BCUT2D eigenvalue weighted by atomic mass is 16.5. The number of para-hydroxylation sites is 1. The van der Waals surface area contributed by atoms with Crippen molar-refractivity contribution in [2.75, 3.05) is 34.4 Å². The number of likely N-dealkylation sites (N-methyl/N-ethyl adjacent to an activating group) is 1. The molecule has 0 aromatic heterocycles. The first-order valence-electron chi connectivity index (χ1n) is 7.40. The number of methoxy groups -OCH3 is 1. The van der Waals surface area contributed by atoms with E-state index in [1.165, 1.54) is 6.21 Å². The SMILES string of the molecule is CCOC(=O)[C@@H](C#N)C=NC[C@@H](c1ccccc1OC)N(C)C. The molecule has 0 aliphatic carbocycles. The van der Waals surface area contributed by atoms with Crippen molar-refractivity contribution in [2.45, 2.75) is 13.0 Å². The minimum Gasteiger partial charge on any atom is -0.496 e. The summed E-state index contributed by atoms with van der Waals surface area (Å²) >= 11 is 0. The molecule has 0 amide bonds. The first kappa shape index (κ1) is 18.7. The Morgan fingerprint density at radius 1 is 1.43 bits per heavy atom. The lowest BCUT2D eigenvalue weighted by Crippen LogP contribution is -2.24. The zero-order valence-electron chi connectivity index (χ0n) is 14.0. The van der Waals surface area contributed by atoms with Crippen molar-refractivity contribution in [2.24, 2.45) is 10.9 Å². The topological polar surface area (TPSA) is 74.9 Å². The third kappa shape index (κ3) is 5.38. The van der Waals surface area contributed by atoms with E-state index in [4.69, 9.17) is 14.7 Å². The number of esters is 1. The van der Waals surface area contributed by atoms with Crippen LogP contribution >= 0.6 is 0 Å². The summed E-state index contributed by atoms with van der Waals surface area (Å²) in [4.78, 5) is 17.9. The summed E-state index contributed by atoms with van der Waals surface area (Å²) in [5.74, 6) is -0.767. The van der Waals surface area contributed by atoms with Gasteiger partial charge in [-0.15, -0.1) is 0 Å². The quantitative estimate of drug-likeness (QED) is 0.542. The molecule has 0 heterocycles. The van der Waals surface area contributed by atoms with Gasteiger partial charge in [-0.25, -0.2) is 0 Å². The molecule has 6 heteroatoms. The molecular formula is C17H23N3O3. The molecule has 0 N–H and O–H groups in total. The maximum atomic E-state index is 11.6. The van der Waals surface area contributed by atoms with E-state index in [1.54, 1.807) is 14.0 Å². The van der Waals surface area contributed by atoms with E-state index in [0.29, 0.717) is 6.54 Å². The molecule has 0 unspecified atom stereocenters. The van der Waals surface area contributed by atoms with Gasteiger partial charge in [0.1, 0.15) is 5.75 Å². The van der Waals surface area contributed by atoms with Crippen molar-refractivity contribution in [3.63, 3.8) is 0 Å². The summed E-state index contributed by atoms with van der Waals surface area (Å²) < 4.78 is 10.2. The molecule has 1 aromatic carbocycles. The lowest BCUT2D eigenvalue weighted by Gasteiger charge is -2.24. The van der Waals surface area contributed by atoms with E-state index < -0.39 is 11.9 Å². The van der Waals surface area contributed by atoms with Gasteiger partial charge in [0.05, 0.1) is 32.4 Å². The van der Waals surface area contributed by atoms with Crippen molar-refractivity contribution >= 4 is 12.2 Å². The number of hydrogen-bond donors (Lipinski definition) is 0. The van der Waals surface area contributed by atoms with Gasteiger partial charge in [-0.1, -0.05) is 18.2 Å². The molecule has 6 nitrogen and oxygen atoms in total. The summed E-state index contributed by atoms with van der Waals surface area (Å²) in [6.45, 7) is 2.35. The van der Waals surface area contributed by atoms with Crippen LogP contribution in [0.3, 0.4) is 0 Å². The first-order chi connectivity index (χ1) is 11.0. The summed E-state index contributed by atoms with van der Waals surface area (Å²) in [6.07, 6.45) is 1.35. The fourth-order valence-electron chi connectivity index (χ4n) is 2.13. The second-order valence-corrected chi connectivity index (χ2v) is 5.09. The predicted molar refractivity (Wildman–Crippen MR) is 88.5 cm³/mol. The Hall–Kier alpha value is -2.39. The fraction of sp³-hybridized carbons (Fsp3) is 0.471. The van der Waals surface area contributed by atoms with E-state index in [9.17, 15) is 4.79 Å². The third-order valence-electron chi connectivity index (χ3n) is 3.33. The third-order valence-corrected chi connectivity index (χ3v) is 3.33. The van der Waals surface area contributed by atoms with Crippen LogP contribution in [-0.4, -0.2) is 51.4 Å². The Morgan fingerprint density at radius 2 is 2.13 bits per heavy atom. The molecule has 0 saturated carbocycles. The number of ether oxygens (including phenoxy) is 2. The molecular weight excluding hydrogens is 294 g/mol. The second kappa shape index (κ2) is 9.59. The Morgan fingerprint density at radius 3 is 2.70 bits per heavy atom. The van der Waals surface area contributed by atoms with E-state index in [1.807, 2.05) is 49.3 Å². The molecule has 124 valence electrons. The van der Waals surface area contributed by atoms with Crippen molar-refractivity contribution in [1.29, 1.82) is 5.26 Å². The van der Waals surface area contributed by atoms with Crippen molar-refractivity contribution in [3.8, 4) is 11.8 Å². The van der Waals surface area contributed by atoms with E-state index >= 15 is 0 Å². The molecule has 0 radical (unpaired) electrons. The number of aliphatic imine (C=N–C) groups is 1. The van der Waals surface area contributed by atoms with E-state index in [0.717, 1.165) is 11.3 Å². The molecule has 0 bridgehead atoms. The van der Waals surface area contributed by atoms with Crippen LogP contribution in [0.5, 0.6) is 5.75 Å². The Labute approximate surface area is 137 Å². The van der Waals surface area contributed by atoms with Gasteiger partial charge in [-0.05, 0) is 27.1 Å². The van der Waals surface area contributed by atoms with Gasteiger partial charge in [0.25, 0.3) is 0 Å². The molecule has 2 atom stereocenters. The molecule has 1 aromatic rings. The number of nitriles is 1. The molecule has 1 rings (SSSR count). The maximum Gasteiger partial charge on any atom is 0.328 e. The highest BCUT2D eigenvalue weighted by Gasteiger charge is 2.19. The number of nitrogens with zero attached hydrogens (tertiary/aromatic N) is 3. The van der Waals surface area contributed by atoms with Crippen LogP contribution in [0, 0.1) is 17.2 Å². The van der Waals surface area contributed by atoms with Crippen LogP contribution < -0.4 is 4.74 Å². The van der Waals surface area contributed by atoms with Gasteiger partial charge >= 0.3 is 5.97 Å². The van der Waals surface area contributed by atoms with Crippen molar-refractivity contribution < 1.29 is 14.3 Å². The van der Waals surface area contributed by atoms with Crippen molar-refractivity contribution in [1.82, 2.24) is 4.90 Å². The largest absolute Gasteiger partial charge is 0.496 e. The van der Waals surface area contributed by atoms with E-state index in [2.05, 4.69) is 4.99 Å². The predicted octanol–water partition coefficient (Wildman–Crippen LogP) is 2.07. The standard InChI is InChI=1S/C17H23N3O3/c1-5-23-17(21)13(10-18)11-19-12-15(20(2)3)14-8-6-7-9-16(14)22-4/h6-9,11,13,15H,5,12H2,1-4H3/t13-,15-/m0/s1. The molecule has 23 heavy (non-hydrogen) atoms. The Balaban J connectivity index is 2.87. The van der Waals surface area contributed by atoms with Crippen LogP contribution in [0.2, 0.25) is 0 Å². The number of rotatable bonds is 8. The van der Waals surface area contributed by atoms with Gasteiger partial charge < -0.3 is 14.4 Å². The highest BCUT2D eigenvalue weighted by molar-refractivity contribution is 5.92. The molecule has 0 saturated heterocycles. The number of hydrogen-bond acceptors (Lipinski definition) is 6. The van der Waals surface area contributed by atoms with Gasteiger partial charge in [0.2, 0.25) is 0 Å². The zero-order chi connectivity index (χ0) is 17.2. The van der Waals surface area contributed by atoms with Gasteiger partial charge in [-0.2, -0.15) is 5.26 Å². The minimum absolute atomic E-state index is 0.0241. The van der Waals surface area contributed by atoms with Crippen LogP contribution in [0.15, 0.2) is 29.3 Å². The molecule has 0 fully saturated rings. The van der Waals surface area contributed by atoms with Gasteiger partial charge in [0, 0.05) is 11.8 Å². The summed E-state index contributed by atoms with van der Waals surface area (Å²) in [6, 6.07) is 9.59. The minimum atomic E-state index is -0.976. The average Bonchev–Trinajstić information content (AvgIpc) is 2.55. The number of benzene rings is 1. The number of carbonyl (C=O) groups excluding carboxylic acids is 1. The monoisotopic (exact) mass is 317 g/mol. The molecule has 0 aliphatic rings. The molecule has 0 aliphatic heterocycles. The smallest absolute Gasteiger partial charge is 0.328 e. The second-order valence-electron chi connectivity index (χ2n) is 5.09. The first-order valence-corrected chi connectivity index (χ1v) is 7.40. The lowest BCUT2D eigenvalue weighted by atomic mass is 10.0. The summed E-state index contributed by atoms with van der Waals surface area (Å²) in [5.41, 5.74) is 1.00. The van der Waals surface area contributed by atoms with Gasteiger partial charge in [0.15, 0.2) is 5.92 Å². The maximum absolute atomic E-state index is 11.6. The van der Waals surface area contributed by atoms with Crippen molar-refractivity contribution in [3.05, 3.63) is 29.8 Å². The van der Waals surface area contributed by atoms with Crippen LogP contribution in [-0.2, 0) is 9.53 Å². The lowest BCUT2D eigenvalue weighted by molar-refractivity contribution is -0.143. The molecule has 0 spiro atoms. The Kier molecular flexibility index (Phi) is 7.78. The van der Waals surface area contributed by atoms with Crippen LogP contribution in [0.4, 0.5) is 0 Å². The van der Waals surface area contributed by atoms with Crippen LogP contribution in [0.25, 0.3) is 0 Å². The van der Waals surface area contributed by atoms with E-state index in [-0.39, 0.29) is 12.6 Å². The zero-order valence-corrected chi connectivity index (χ0v) is 14.0. The van der Waals surface area contributed by atoms with Crippen LogP contribution in [0.1, 0.15) is 18.5 Å². The highest BCUT2D eigenvalue weighted by Crippen LogP contribution is 2.28. The normalized spacial score (nSPS) is 13.6. The average molecular weight is 317 g/mol. The summed E-state index contributed by atoms with van der Waals surface area (Å²) in [5, 5.41) is 9.02. The fourth-order valence-corrected chi connectivity index (χ4v) is 2.13. The Bertz CT molecular complexity index is 579. The summed E-state index contributed by atoms with van der Waals surface area (Å²) in [7, 11) is 5.51.